The fourth-order valence-corrected chi connectivity index (χ4v) is 4.42. The van der Waals surface area contributed by atoms with Crippen molar-refractivity contribution < 1.29 is 23.8 Å². The Morgan fingerprint density at radius 2 is 1.81 bits per heavy atom. The third-order valence-electron chi connectivity index (χ3n) is 6.00. The molecule has 2 aliphatic heterocycles. The SMILES string of the molecule is CCOc1cccc(C2/C(=C(\O)c3ccc(F)cc3)C(=O)C(=O)N2CCN2CCCC2)c1. The van der Waals surface area contributed by atoms with E-state index in [1.165, 1.54) is 29.2 Å². The van der Waals surface area contributed by atoms with Gasteiger partial charge in [-0.1, -0.05) is 12.1 Å². The predicted octanol–water partition coefficient (Wildman–Crippen LogP) is 3.74. The number of aliphatic hydroxyl groups is 1. The molecular weight excluding hydrogens is 411 g/mol. The minimum atomic E-state index is -0.747. The van der Waals surface area contributed by atoms with E-state index in [1.54, 1.807) is 12.1 Å². The number of aliphatic hydroxyl groups excluding tert-OH is 1. The average molecular weight is 438 g/mol. The van der Waals surface area contributed by atoms with Crippen LogP contribution in [0.25, 0.3) is 5.76 Å². The fourth-order valence-electron chi connectivity index (χ4n) is 4.42. The van der Waals surface area contributed by atoms with Crippen molar-refractivity contribution in [3.63, 3.8) is 0 Å². The Kier molecular flexibility index (Phi) is 6.55. The molecule has 0 aromatic heterocycles. The zero-order valence-corrected chi connectivity index (χ0v) is 18.1. The van der Waals surface area contributed by atoms with Crippen LogP contribution < -0.4 is 4.74 Å². The first-order valence-corrected chi connectivity index (χ1v) is 11.0. The van der Waals surface area contributed by atoms with Crippen LogP contribution in [0.1, 0.15) is 36.9 Å². The van der Waals surface area contributed by atoms with Gasteiger partial charge in [-0.25, -0.2) is 4.39 Å². The standard InChI is InChI=1S/C25H27FN2O4/c1-2-32-20-7-5-6-18(16-20)22-21(23(29)17-8-10-19(26)11-9-17)24(30)25(31)28(22)15-14-27-12-3-4-13-27/h5-11,16,22,29H,2-4,12-15H2,1H3/b23-21+. The molecule has 2 heterocycles. The molecule has 0 bridgehead atoms. The predicted molar refractivity (Wildman–Crippen MR) is 119 cm³/mol. The van der Waals surface area contributed by atoms with E-state index >= 15 is 0 Å². The minimum Gasteiger partial charge on any atom is -0.507 e. The lowest BCUT2D eigenvalue weighted by molar-refractivity contribution is -0.140. The first-order chi connectivity index (χ1) is 15.5. The highest BCUT2D eigenvalue weighted by Crippen LogP contribution is 2.40. The molecule has 1 N–H and O–H groups in total. The van der Waals surface area contributed by atoms with Crippen LogP contribution in [-0.2, 0) is 9.59 Å². The van der Waals surface area contributed by atoms with E-state index in [9.17, 15) is 19.1 Å². The Hall–Kier alpha value is -3.19. The Labute approximate surface area is 186 Å². The average Bonchev–Trinajstić information content (AvgIpc) is 3.40. The van der Waals surface area contributed by atoms with E-state index in [0.717, 1.165) is 25.9 Å². The number of amides is 1. The largest absolute Gasteiger partial charge is 0.507 e. The van der Waals surface area contributed by atoms with Crippen molar-refractivity contribution in [1.29, 1.82) is 0 Å². The summed E-state index contributed by atoms with van der Waals surface area (Å²) in [6.07, 6.45) is 2.26. The summed E-state index contributed by atoms with van der Waals surface area (Å²) in [5.74, 6) is -1.51. The molecule has 32 heavy (non-hydrogen) atoms. The van der Waals surface area contributed by atoms with Gasteiger partial charge in [0.05, 0.1) is 18.2 Å². The number of carbonyl (C=O) groups excluding carboxylic acids is 2. The maximum Gasteiger partial charge on any atom is 0.295 e. The van der Waals surface area contributed by atoms with Gasteiger partial charge in [-0.2, -0.15) is 0 Å². The summed E-state index contributed by atoms with van der Waals surface area (Å²) in [4.78, 5) is 29.9. The van der Waals surface area contributed by atoms with Crippen LogP contribution in [-0.4, -0.2) is 59.4 Å². The number of Topliss-reactive ketones (excluding diaryl/α,β-unsaturated/α-hetero) is 1. The second-order valence-corrected chi connectivity index (χ2v) is 8.05. The molecule has 6 nitrogen and oxygen atoms in total. The van der Waals surface area contributed by atoms with Crippen molar-refractivity contribution in [3.8, 4) is 5.75 Å². The normalized spacial score (nSPS) is 20.8. The van der Waals surface area contributed by atoms with Crippen LogP contribution in [0, 0.1) is 5.82 Å². The van der Waals surface area contributed by atoms with Gasteiger partial charge in [0.2, 0.25) is 0 Å². The molecule has 7 heteroatoms. The van der Waals surface area contributed by atoms with Gasteiger partial charge in [-0.15, -0.1) is 0 Å². The van der Waals surface area contributed by atoms with Crippen LogP contribution in [0.5, 0.6) is 5.75 Å². The summed E-state index contributed by atoms with van der Waals surface area (Å²) < 4.78 is 19.0. The highest BCUT2D eigenvalue weighted by molar-refractivity contribution is 6.46. The second-order valence-electron chi connectivity index (χ2n) is 8.05. The number of hydrogen-bond donors (Lipinski definition) is 1. The fraction of sp³-hybridized carbons (Fsp3) is 0.360. The summed E-state index contributed by atoms with van der Waals surface area (Å²) in [6.45, 7) is 5.34. The second kappa shape index (κ2) is 9.53. The van der Waals surface area contributed by atoms with E-state index < -0.39 is 23.5 Å². The van der Waals surface area contributed by atoms with Gasteiger partial charge in [0.25, 0.3) is 11.7 Å². The van der Waals surface area contributed by atoms with Gasteiger partial charge < -0.3 is 19.6 Å². The van der Waals surface area contributed by atoms with Gasteiger partial charge >= 0.3 is 0 Å². The van der Waals surface area contributed by atoms with Crippen molar-refractivity contribution >= 4 is 17.4 Å². The molecule has 0 aliphatic carbocycles. The quantitative estimate of drug-likeness (QED) is 0.405. The molecule has 2 aliphatic rings. The third-order valence-corrected chi connectivity index (χ3v) is 6.00. The molecule has 0 saturated carbocycles. The summed E-state index contributed by atoms with van der Waals surface area (Å²) in [5, 5.41) is 11.0. The number of ketones is 1. The van der Waals surface area contributed by atoms with Gasteiger partial charge in [0.15, 0.2) is 0 Å². The van der Waals surface area contributed by atoms with Crippen molar-refractivity contribution in [2.24, 2.45) is 0 Å². The zero-order chi connectivity index (χ0) is 22.7. The van der Waals surface area contributed by atoms with E-state index in [1.807, 2.05) is 19.1 Å². The Balaban J connectivity index is 1.76. The molecule has 1 amide bonds. The smallest absolute Gasteiger partial charge is 0.295 e. The van der Waals surface area contributed by atoms with Crippen molar-refractivity contribution in [3.05, 3.63) is 71.0 Å². The van der Waals surface area contributed by atoms with Crippen LogP contribution >= 0.6 is 0 Å². The molecular formula is C25H27FN2O4. The molecule has 2 aromatic carbocycles. The lowest BCUT2D eigenvalue weighted by Crippen LogP contribution is -2.37. The highest BCUT2D eigenvalue weighted by Gasteiger charge is 2.46. The number of nitrogens with zero attached hydrogens (tertiary/aromatic N) is 2. The number of carbonyl (C=O) groups is 2. The molecule has 2 aromatic rings. The number of likely N-dealkylation sites (tertiary alicyclic amines) is 2. The summed E-state index contributed by atoms with van der Waals surface area (Å²) in [6, 6.07) is 11.7. The van der Waals surface area contributed by atoms with Crippen LogP contribution in [0.15, 0.2) is 54.1 Å². The van der Waals surface area contributed by atoms with E-state index in [0.29, 0.717) is 31.0 Å². The van der Waals surface area contributed by atoms with E-state index in [-0.39, 0.29) is 16.9 Å². The maximum absolute atomic E-state index is 13.4. The monoisotopic (exact) mass is 438 g/mol. The van der Waals surface area contributed by atoms with Gasteiger partial charge in [-0.05, 0) is 74.8 Å². The lowest BCUT2D eigenvalue weighted by Gasteiger charge is -2.27. The molecule has 1 atom stereocenters. The number of benzene rings is 2. The molecule has 2 fully saturated rings. The number of hydrogen-bond acceptors (Lipinski definition) is 5. The topological polar surface area (TPSA) is 70.1 Å². The van der Waals surface area contributed by atoms with Gasteiger partial charge in [0, 0.05) is 18.7 Å². The first kappa shape index (κ1) is 22.0. The molecule has 168 valence electrons. The van der Waals surface area contributed by atoms with Crippen LogP contribution in [0.4, 0.5) is 4.39 Å². The molecule has 0 spiro atoms. The maximum atomic E-state index is 13.4. The summed E-state index contributed by atoms with van der Waals surface area (Å²) >= 11 is 0. The minimum absolute atomic E-state index is 0.0108. The molecule has 2 saturated heterocycles. The first-order valence-electron chi connectivity index (χ1n) is 11.0. The highest BCUT2D eigenvalue weighted by atomic mass is 19.1. The summed E-state index contributed by atoms with van der Waals surface area (Å²) in [7, 11) is 0. The molecule has 0 radical (unpaired) electrons. The van der Waals surface area contributed by atoms with Crippen molar-refractivity contribution in [2.45, 2.75) is 25.8 Å². The molecule has 1 unspecified atom stereocenters. The van der Waals surface area contributed by atoms with Gasteiger partial charge in [-0.3, -0.25) is 9.59 Å². The van der Waals surface area contributed by atoms with Gasteiger partial charge in [0.1, 0.15) is 17.3 Å². The third kappa shape index (κ3) is 4.39. The van der Waals surface area contributed by atoms with Crippen molar-refractivity contribution in [1.82, 2.24) is 9.80 Å². The Bertz CT molecular complexity index is 1030. The number of rotatable bonds is 7. The Morgan fingerprint density at radius 1 is 1.09 bits per heavy atom. The van der Waals surface area contributed by atoms with Crippen molar-refractivity contribution in [2.75, 3.05) is 32.8 Å². The Morgan fingerprint density at radius 3 is 2.50 bits per heavy atom. The lowest BCUT2D eigenvalue weighted by atomic mass is 9.95. The zero-order valence-electron chi connectivity index (χ0n) is 18.1. The number of ether oxygens (including phenoxy) is 1. The van der Waals surface area contributed by atoms with Crippen LogP contribution in [0.2, 0.25) is 0 Å². The summed E-state index contributed by atoms with van der Waals surface area (Å²) in [5.41, 5.74) is 0.979. The molecule has 4 rings (SSSR count). The van der Waals surface area contributed by atoms with E-state index in [4.69, 9.17) is 4.74 Å². The van der Waals surface area contributed by atoms with Crippen LogP contribution in [0.3, 0.4) is 0 Å². The van der Waals surface area contributed by atoms with E-state index in [2.05, 4.69) is 4.90 Å². The number of halogens is 1.